The van der Waals surface area contributed by atoms with Crippen LogP contribution >= 0.6 is 0 Å². The summed E-state index contributed by atoms with van der Waals surface area (Å²) in [5.74, 6) is 0. The number of rotatable bonds is 3. The molecule has 0 bridgehead atoms. The van der Waals surface area contributed by atoms with E-state index < -0.39 is 0 Å². The second kappa shape index (κ2) is 5.45. The smallest absolute Gasteiger partial charge is 0.0906 e. The minimum atomic E-state index is 0.898. The van der Waals surface area contributed by atoms with Crippen molar-refractivity contribution in [3.8, 4) is 0 Å². The Kier molecular flexibility index (Phi) is 3.72. The predicted molar refractivity (Wildman–Crippen MR) is 75.2 cm³/mol. The van der Waals surface area contributed by atoms with Crippen molar-refractivity contribution in [3.05, 3.63) is 59.2 Å². The minimum Gasteiger partial charge on any atom is -0.260 e. The summed E-state index contributed by atoms with van der Waals surface area (Å²) in [6.45, 7) is 6.13. The van der Waals surface area contributed by atoms with Gasteiger partial charge in [0.05, 0.1) is 11.4 Å². The van der Waals surface area contributed by atoms with Gasteiger partial charge in [-0.1, -0.05) is 35.1 Å². The summed E-state index contributed by atoms with van der Waals surface area (Å²) in [6.07, 6.45) is 0. The summed E-state index contributed by atoms with van der Waals surface area (Å²) in [7, 11) is 0. The van der Waals surface area contributed by atoms with Gasteiger partial charge >= 0.3 is 0 Å². The first kappa shape index (κ1) is 12.3. The molecular weight excluding hydrogens is 222 g/mol. The van der Waals surface area contributed by atoms with Gasteiger partial charge in [0.15, 0.2) is 0 Å². The molecule has 0 spiro atoms. The molecule has 3 heteroatoms. The van der Waals surface area contributed by atoms with Crippen LogP contribution in [0, 0.1) is 20.8 Å². The highest BCUT2D eigenvalue weighted by Gasteiger charge is 1.96. The van der Waals surface area contributed by atoms with Crippen LogP contribution < -0.4 is 5.43 Å². The van der Waals surface area contributed by atoms with Crippen LogP contribution in [0.5, 0.6) is 0 Å². The van der Waals surface area contributed by atoms with E-state index in [1.165, 1.54) is 11.1 Å². The van der Waals surface area contributed by atoms with Gasteiger partial charge in [-0.15, -0.1) is 5.11 Å². The van der Waals surface area contributed by atoms with Gasteiger partial charge in [0.25, 0.3) is 0 Å². The van der Waals surface area contributed by atoms with E-state index in [9.17, 15) is 0 Å². The zero-order valence-corrected chi connectivity index (χ0v) is 10.9. The van der Waals surface area contributed by atoms with Gasteiger partial charge in [-0.2, -0.15) is 0 Å². The topological polar surface area (TPSA) is 36.8 Å². The fraction of sp³-hybridized carbons (Fsp3) is 0.200. The molecule has 0 heterocycles. The quantitative estimate of drug-likeness (QED) is 0.610. The molecule has 0 atom stereocenters. The van der Waals surface area contributed by atoms with E-state index in [1.807, 2.05) is 44.2 Å². The Balaban J connectivity index is 2.07. The molecule has 18 heavy (non-hydrogen) atoms. The number of nitrogens with one attached hydrogen (secondary N) is 1. The minimum absolute atomic E-state index is 0.898. The number of aryl methyl sites for hydroxylation is 3. The van der Waals surface area contributed by atoms with Gasteiger partial charge in [0.1, 0.15) is 0 Å². The maximum Gasteiger partial charge on any atom is 0.0906 e. The SMILES string of the molecule is Cc1ccc(NN=Nc2cc(C)ccc2C)cc1. The molecule has 3 nitrogen and oxygen atoms in total. The molecule has 0 saturated heterocycles. The number of hydrogen-bond acceptors (Lipinski definition) is 2. The normalized spacial score (nSPS) is 10.8. The fourth-order valence-electron chi connectivity index (χ4n) is 1.59. The van der Waals surface area contributed by atoms with E-state index in [4.69, 9.17) is 0 Å². The van der Waals surface area contributed by atoms with Gasteiger partial charge in [-0.25, -0.2) is 0 Å². The van der Waals surface area contributed by atoms with Crippen molar-refractivity contribution < 1.29 is 0 Å². The summed E-state index contributed by atoms with van der Waals surface area (Å²) < 4.78 is 0. The maximum absolute atomic E-state index is 4.20. The van der Waals surface area contributed by atoms with Gasteiger partial charge in [-0.3, -0.25) is 5.43 Å². The zero-order valence-electron chi connectivity index (χ0n) is 10.9. The Morgan fingerprint density at radius 1 is 0.833 bits per heavy atom. The molecule has 2 aromatic carbocycles. The average Bonchev–Trinajstić information content (AvgIpc) is 2.36. The maximum atomic E-state index is 4.20. The molecule has 0 unspecified atom stereocenters. The van der Waals surface area contributed by atoms with E-state index >= 15 is 0 Å². The molecule has 1 N–H and O–H groups in total. The molecule has 0 radical (unpaired) electrons. The molecule has 2 rings (SSSR count). The van der Waals surface area contributed by atoms with Crippen LogP contribution in [0.25, 0.3) is 0 Å². The lowest BCUT2D eigenvalue weighted by atomic mass is 10.1. The molecule has 0 aliphatic carbocycles. The van der Waals surface area contributed by atoms with E-state index in [0.717, 1.165) is 16.9 Å². The highest BCUT2D eigenvalue weighted by atomic mass is 15.4. The third-order valence-corrected chi connectivity index (χ3v) is 2.75. The Morgan fingerprint density at radius 2 is 1.50 bits per heavy atom. The number of nitrogens with zero attached hydrogens (tertiary/aromatic N) is 2. The van der Waals surface area contributed by atoms with Crippen molar-refractivity contribution in [1.29, 1.82) is 0 Å². The molecule has 2 aromatic rings. The summed E-state index contributed by atoms with van der Waals surface area (Å²) >= 11 is 0. The number of anilines is 1. The lowest BCUT2D eigenvalue weighted by Crippen LogP contribution is -1.86. The van der Waals surface area contributed by atoms with E-state index in [0.29, 0.717) is 0 Å². The molecule has 0 aliphatic heterocycles. The van der Waals surface area contributed by atoms with Gasteiger partial charge in [0, 0.05) is 0 Å². The number of benzene rings is 2. The molecular formula is C15H17N3. The van der Waals surface area contributed by atoms with Crippen LogP contribution in [0.2, 0.25) is 0 Å². The van der Waals surface area contributed by atoms with Crippen LogP contribution in [-0.4, -0.2) is 0 Å². The van der Waals surface area contributed by atoms with Crippen LogP contribution in [0.1, 0.15) is 16.7 Å². The highest BCUT2D eigenvalue weighted by molar-refractivity contribution is 5.47. The average molecular weight is 239 g/mol. The second-order valence-corrected chi connectivity index (χ2v) is 4.47. The predicted octanol–water partition coefficient (Wildman–Crippen LogP) is 4.72. The van der Waals surface area contributed by atoms with Gasteiger partial charge in [0.2, 0.25) is 0 Å². The Morgan fingerprint density at radius 3 is 2.22 bits per heavy atom. The summed E-state index contributed by atoms with van der Waals surface area (Å²) in [5.41, 5.74) is 8.30. The zero-order chi connectivity index (χ0) is 13.0. The molecule has 92 valence electrons. The highest BCUT2D eigenvalue weighted by Crippen LogP contribution is 2.20. The van der Waals surface area contributed by atoms with Crippen molar-refractivity contribution >= 4 is 11.4 Å². The molecule has 0 saturated carbocycles. The molecule has 0 amide bonds. The third-order valence-electron chi connectivity index (χ3n) is 2.75. The Bertz CT molecular complexity index is 556. The van der Waals surface area contributed by atoms with E-state index in [-0.39, 0.29) is 0 Å². The van der Waals surface area contributed by atoms with Crippen molar-refractivity contribution in [2.75, 3.05) is 5.43 Å². The van der Waals surface area contributed by atoms with Crippen LogP contribution in [0.4, 0.5) is 11.4 Å². The van der Waals surface area contributed by atoms with Crippen LogP contribution in [0.3, 0.4) is 0 Å². The second-order valence-electron chi connectivity index (χ2n) is 4.47. The molecule has 0 aromatic heterocycles. The Hall–Kier alpha value is -2.16. The van der Waals surface area contributed by atoms with E-state index in [1.54, 1.807) is 0 Å². The van der Waals surface area contributed by atoms with Crippen molar-refractivity contribution in [2.24, 2.45) is 10.3 Å². The van der Waals surface area contributed by atoms with Gasteiger partial charge in [-0.05, 0) is 50.1 Å². The lowest BCUT2D eigenvalue weighted by molar-refractivity contribution is 1.12. The summed E-state index contributed by atoms with van der Waals surface area (Å²) in [6, 6.07) is 14.2. The van der Waals surface area contributed by atoms with Crippen molar-refractivity contribution in [2.45, 2.75) is 20.8 Å². The lowest BCUT2D eigenvalue weighted by Gasteiger charge is -2.01. The first-order valence-corrected chi connectivity index (χ1v) is 5.96. The summed E-state index contributed by atoms with van der Waals surface area (Å²) in [5, 5.41) is 8.22. The first-order chi connectivity index (χ1) is 8.65. The molecule has 0 fully saturated rings. The van der Waals surface area contributed by atoms with Crippen LogP contribution in [-0.2, 0) is 0 Å². The standard InChI is InChI=1S/C15H17N3/c1-11-5-8-14(9-6-11)16-18-17-15-10-12(2)4-7-13(15)3/h4-10H,1-3H3,(H,16,17). The fourth-order valence-corrected chi connectivity index (χ4v) is 1.59. The van der Waals surface area contributed by atoms with E-state index in [2.05, 4.69) is 34.8 Å². The third kappa shape index (κ3) is 3.17. The monoisotopic (exact) mass is 239 g/mol. The molecule has 0 aliphatic rings. The van der Waals surface area contributed by atoms with Crippen molar-refractivity contribution in [3.63, 3.8) is 0 Å². The largest absolute Gasteiger partial charge is 0.260 e. The van der Waals surface area contributed by atoms with Gasteiger partial charge < -0.3 is 0 Å². The van der Waals surface area contributed by atoms with Crippen LogP contribution in [0.15, 0.2) is 52.8 Å². The number of hydrogen-bond donors (Lipinski definition) is 1. The first-order valence-electron chi connectivity index (χ1n) is 5.96. The summed E-state index contributed by atoms with van der Waals surface area (Å²) in [4.78, 5) is 0. The van der Waals surface area contributed by atoms with Crippen molar-refractivity contribution in [1.82, 2.24) is 0 Å². The Labute approximate surface area is 108 Å².